The largest absolute Gasteiger partial charge is 0.454 e. The number of rotatable bonds is 7. The number of imide groups is 1. The summed E-state index contributed by atoms with van der Waals surface area (Å²) in [6, 6.07) is 10.7. The van der Waals surface area contributed by atoms with E-state index >= 15 is 0 Å². The second kappa shape index (κ2) is 9.43. The predicted molar refractivity (Wildman–Crippen MR) is 119 cm³/mol. The fraction of sp³-hybridized carbons (Fsp3) is 0.304. The van der Waals surface area contributed by atoms with Gasteiger partial charge in [-0.05, 0) is 55.2 Å². The third-order valence-electron chi connectivity index (χ3n) is 4.91. The van der Waals surface area contributed by atoms with E-state index in [-0.39, 0.29) is 23.5 Å². The summed E-state index contributed by atoms with van der Waals surface area (Å²) in [6.07, 6.45) is 0.234. The van der Waals surface area contributed by atoms with Crippen molar-refractivity contribution in [1.29, 1.82) is 0 Å². The van der Waals surface area contributed by atoms with Crippen LogP contribution in [0.5, 0.6) is 0 Å². The molecule has 1 aliphatic rings. The molecule has 0 aromatic heterocycles. The van der Waals surface area contributed by atoms with Crippen LogP contribution in [0.2, 0.25) is 0 Å². The van der Waals surface area contributed by atoms with Gasteiger partial charge in [0.05, 0.1) is 11.1 Å². The number of aryl methyl sites for hydroxylation is 1. The van der Waals surface area contributed by atoms with Crippen LogP contribution < -0.4 is 5.32 Å². The molecule has 31 heavy (non-hydrogen) atoms. The topological polar surface area (TPSA) is 92.8 Å². The summed E-state index contributed by atoms with van der Waals surface area (Å²) in [6.45, 7) is 5.07. The fourth-order valence-electron chi connectivity index (χ4n) is 3.43. The molecule has 2 aromatic rings. The number of nitrogens with zero attached hydrogens (tertiary/aromatic N) is 1. The Morgan fingerprint density at radius 1 is 1.06 bits per heavy atom. The molecule has 3 amide bonds. The van der Waals surface area contributed by atoms with Crippen LogP contribution in [0.4, 0.5) is 5.69 Å². The van der Waals surface area contributed by atoms with Crippen molar-refractivity contribution in [2.45, 2.75) is 33.2 Å². The van der Waals surface area contributed by atoms with Crippen LogP contribution in [-0.4, -0.2) is 41.2 Å². The highest BCUT2D eigenvalue weighted by Gasteiger charge is 2.43. The molecule has 2 aromatic carbocycles. The second-order valence-electron chi connectivity index (χ2n) is 7.79. The predicted octanol–water partition coefficient (Wildman–Crippen LogP) is 3.95. The van der Waals surface area contributed by atoms with Crippen molar-refractivity contribution < 1.29 is 23.9 Å². The molecule has 3 rings (SSSR count). The van der Waals surface area contributed by atoms with Gasteiger partial charge in [-0.1, -0.05) is 41.9 Å². The zero-order valence-corrected chi connectivity index (χ0v) is 19.1. The third kappa shape index (κ3) is 5.02. The van der Waals surface area contributed by atoms with Crippen LogP contribution in [0.25, 0.3) is 0 Å². The fourth-order valence-corrected chi connectivity index (χ4v) is 3.91. The molecule has 8 heteroatoms. The maximum absolute atomic E-state index is 12.8. The number of nitrogens with one attached hydrogen (secondary N) is 1. The van der Waals surface area contributed by atoms with E-state index in [4.69, 9.17) is 4.74 Å². The summed E-state index contributed by atoms with van der Waals surface area (Å²) in [5.74, 6) is -2.34. The number of benzene rings is 2. The standard InChI is InChI=1S/C23H23BrN2O5/c1-13(2)10-19(26-21(28)16-6-4-5-7-17(16)22(26)29)23(30)31-12-20(27)25-18-9-8-15(24)11-14(18)3/h4-9,11,13,19H,10,12H2,1-3H3,(H,25,27)/t19-/m0/s1. The number of anilines is 1. The second-order valence-corrected chi connectivity index (χ2v) is 8.70. The molecule has 0 aliphatic carbocycles. The minimum atomic E-state index is -1.10. The van der Waals surface area contributed by atoms with Crippen LogP contribution in [0.15, 0.2) is 46.9 Å². The van der Waals surface area contributed by atoms with Crippen molar-refractivity contribution in [3.63, 3.8) is 0 Å². The summed E-state index contributed by atoms with van der Waals surface area (Å²) in [5.41, 5.74) is 1.97. The Hall–Kier alpha value is -3.00. The molecule has 0 unspecified atom stereocenters. The lowest BCUT2D eigenvalue weighted by atomic mass is 10.0. The van der Waals surface area contributed by atoms with Crippen molar-refractivity contribution in [3.05, 3.63) is 63.6 Å². The molecule has 1 atom stereocenters. The zero-order chi connectivity index (χ0) is 22.7. The quantitative estimate of drug-likeness (QED) is 0.472. The number of amides is 3. The van der Waals surface area contributed by atoms with Crippen molar-refractivity contribution >= 4 is 45.3 Å². The Bertz CT molecular complexity index is 1020. The Balaban J connectivity index is 1.70. The lowest BCUT2D eigenvalue weighted by molar-refractivity contribution is -0.151. The average Bonchev–Trinajstić information content (AvgIpc) is 2.97. The number of hydrogen-bond donors (Lipinski definition) is 1. The van der Waals surface area contributed by atoms with Gasteiger partial charge in [-0.25, -0.2) is 4.79 Å². The van der Waals surface area contributed by atoms with Crippen molar-refractivity contribution in [1.82, 2.24) is 4.90 Å². The third-order valence-corrected chi connectivity index (χ3v) is 5.41. The van der Waals surface area contributed by atoms with Crippen LogP contribution in [-0.2, 0) is 14.3 Å². The molecule has 162 valence electrons. The van der Waals surface area contributed by atoms with Gasteiger partial charge in [-0.15, -0.1) is 0 Å². The van der Waals surface area contributed by atoms with E-state index in [2.05, 4.69) is 21.2 Å². The molecule has 0 radical (unpaired) electrons. The maximum atomic E-state index is 12.8. The minimum absolute atomic E-state index is 0.0149. The van der Waals surface area contributed by atoms with E-state index in [1.165, 1.54) is 0 Å². The molecule has 1 N–H and O–H groups in total. The smallest absolute Gasteiger partial charge is 0.329 e. The number of esters is 1. The van der Waals surface area contributed by atoms with E-state index in [0.717, 1.165) is 14.9 Å². The Kier molecular flexibility index (Phi) is 6.90. The summed E-state index contributed by atoms with van der Waals surface area (Å²) >= 11 is 3.36. The van der Waals surface area contributed by atoms with Gasteiger partial charge in [0.1, 0.15) is 6.04 Å². The average molecular weight is 487 g/mol. The maximum Gasteiger partial charge on any atom is 0.329 e. The molecular formula is C23H23BrN2O5. The van der Waals surface area contributed by atoms with Gasteiger partial charge < -0.3 is 10.1 Å². The first-order valence-corrected chi connectivity index (χ1v) is 10.7. The molecule has 0 bridgehead atoms. The summed E-state index contributed by atoms with van der Waals surface area (Å²) in [5, 5.41) is 2.69. The summed E-state index contributed by atoms with van der Waals surface area (Å²) in [7, 11) is 0. The van der Waals surface area contributed by atoms with Crippen molar-refractivity contribution in [3.8, 4) is 0 Å². The number of carbonyl (C=O) groups is 4. The highest BCUT2D eigenvalue weighted by atomic mass is 79.9. The first-order chi connectivity index (χ1) is 14.7. The van der Waals surface area contributed by atoms with Crippen LogP contribution in [0.1, 0.15) is 46.5 Å². The van der Waals surface area contributed by atoms with E-state index in [1.807, 2.05) is 26.8 Å². The molecular weight excluding hydrogens is 464 g/mol. The van der Waals surface area contributed by atoms with E-state index in [9.17, 15) is 19.2 Å². The van der Waals surface area contributed by atoms with Gasteiger partial charge in [-0.3, -0.25) is 19.3 Å². The number of fused-ring (bicyclic) bond motifs is 1. The van der Waals surface area contributed by atoms with Gasteiger partial charge in [0.2, 0.25) is 0 Å². The normalized spacial score (nSPS) is 13.9. The number of ether oxygens (including phenoxy) is 1. The van der Waals surface area contributed by atoms with E-state index < -0.39 is 36.3 Å². The molecule has 0 saturated heterocycles. The van der Waals surface area contributed by atoms with Crippen molar-refractivity contribution in [2.75, 3.05) is 11.9 Å². The first-order valence-electron chi connectivity index (χ1n) is 9.88. The van der Waals surface area contributed by atoms with Crippen LogP contribution in [0.3, 0.4) is 0 Å². The lowest BCUT2D eigenvalue weighted by Gasteiger charge is -2.25. The highest BCUT2D eigenvalue weighted by molar-refractivity contribution is 9.10. The van der Waals surface area contributed by atoms with Gasteiger partial charge >= 0.3 is 5.97 Å². The molecule has 7 nitrogen and oxygen atoms in total. The molecule has 1 heterocycles. The highest BCUT2D eigenvalue weighted by Crippen LogP contribution is 2.27. The Labute approximate surface area is 188 Å². The zero-order valence-electron chi connectivity index (χ0n) is 17.5. The molecule has 1 aliphatic heterocycles. The number of hydrogen-bond acceptors (Lipinski definition) is 5. The SMILES string of the molecule is Cc1cc(Br)ccc1NC(=O)COC(=O)[C@H](CC(C)C)N1C(=O)c2ccccc2C1=O. The summed E-state index contributed by atoms with van der Waals surface area (Å²) in [4.78, 5) is 51.6. The lowest BCUT2D eigenvalue weighted by Crippen LogP contribution is -2.46. The minimum Gasteiger partial charge on any atom is -0.454 e. The number of halogens is 1. The summed E-state index contributed by atoms with van der Waals surface area (Å²) < 4.78 is 6.09. The first kappa shape index (κ1) is 22.7. The molecule has 0 saturated carbocycles. The van der Waals surface area contributed by atoms with E-state index in [0.29, 0.717) is 5.69 Å². The van der Waals surface area contributed by atoms with E-state index in [1.54, 1.807) is 36.4 Å². The molecule has 0 spiro atoms. The Morgan fingerprint density at radius 3 is 2.23 bits per heavy atom. The van der Waals surface area contributed by atoms with Crippen LogP contribution >= 0.6 is 15.9 Å². The monoisotopic (exact) mass is 486 g/mol. The van der Waals surface area contributed by atoms with Gasteiger partial charge in [0.15, 0.2) is 6.61 Å². The molecule has 0 fully saturated rings. The van der Waals surface area contributed by atoms with Gasteiger partial charge in [0, 0.05) is 10.2 Å². The Morgan fingerprint density at radius 2 is 1.68 bits per heavy atom. The van der Waals surface area contributed by atoms with Gasteiger partial charge in [0.25, 0.3) is 17.7 Å². The number of carbonyl (C=O) groups excluding carboxylic acids is 4. The van der Waals surface area contributed by atoms with Crippen LogP contribution in [0, 0.1) is 12.8 Å². The van der Waals surface area contributed by atoms with Crippen molar-refractivity contribution in [2.24, 2.45) is 5.92 Å². The van der Waals surface area contributed by atoms with Gasteiger partial charge in [-0.2, -0.15) is 0 Å².